The smallest absolute Gasteiger partial charge is 0.344 e. The van der Waals surface area contributed by atoms with Gasteiger partial charge in [0.05, 0.1) is 33.1 Å². The summed E-state index contributed by atoms with van der Waals surface area (Å²) < 4.78 is 83.7. The van der Waals surface area contributed by atoms with Crippen LogP contribution in [-0.4, -0.2) is 18.7 Å². The number of nitrogens with zero attached hydrogens (tertiary/aromatic N) is 4. The minimum absolute atomic E-state index is 0.0220. The first-order valence-electron chi connectivity index (χ1n) is 31.4. The van der Waals surface area contributed by atoms with E-state index in [-0.39, 0.29) is 16.9 Å². The molecule has 0 amide bonds. The molecule has 16 rings (SSSR count). The molecule has 0 fully saturated rings. The zero-order valence-electron chi connectivity index (χ0n) is 51.0. The molecular weight excluding hydrogens is 1290 g/mol. The molecule has 0 aliphatic heterocycles. The Kier molecular flexibility index (Phi) is 14.6. The monoisotopic (exact) mass is 1350 g/mol. The van der Waals surface area contributed by atoms with Gasteiger partial charge in [-0.15, -0.1) is 0 Å². The Hall–Kier alpha value is -10.6. The van der Waals surface area contributed by atoms with Crippen LogP contribution in [-0.2, 0) is 5.41 Å². The highest BCUT2D eigenvalue weighted by Crippen LogP contribution is 2.57. The van der Waals surface area contributed by atoms with E-state index in [2.05, 4.69) is 208 Å². The van der Waals surface area contributed by atoms with E-state index in [1.165, 1.54) is 56.3 Å². The SMILES string of the molecule is CCCC1(CCC)c2cc(-c3cccc(-n4c5ccccc5c5cc(-c6cccc(OC(F)=C(F)F)c6)ccc54)c3)ccc2-c2cc3c4cc(-c5cccc(-n6c7ccccc7c7cc(-c8cccc(O/C(F)=C(\F)I)c8)ccc76)c5)ccc4n(-c4ccncc4)c3cc21. The van der Waals surface area contributed by atoms with Crippen molar-refractivity contribution in [2.45, 2.75) is 44.9 Å². The van der Waals surface area contributed by atoms with Crippen LogP contribution >= 0.6 is 22.6 Å². The quantitative estimate of drug-likeness (QED) is 0.0584. The van der Waals surface area contributed by atoms with E-state index in [1.807, 2.05) is 42.7 Å². The third-order valence-electron chi connectivity index (χ3n) is 18.8. The van der Waals surface area contributed by atoms with Crippen LogP contribution in [0.25, 0.3) is 138 Å². The van der Waals surface area contributed by atoms with Crippen molar-refractivity contribution in [3.8, 4) is 84.2 Å². The van der Waals surface area contributed by atoms with Crippen LogP contribution in [0.3, 0.4) is 0 Å². The molecule has 0 bridgehead atoms. The van der Waals surface area contributed by atoms with Crippen LogP contribution in [0.15, 0.2) is 277 Å². The third kappa shape index (κ3) is 9.84. The standard InChI is InChI=1S/C82H56F5IN4O2/c1-3-35-82(36-4-2)70-46-56(50-14-10-18-59(40-50)92-73-24-8-6-22-64(73)66-43-54(27-30-75(66)92)51-15-11-19-60(41-51)93-80(86)78(83)84)25-29-62(70)65-47-69-68-45-53(26-32-76(68)90(77(69)48-71(65)82)57-33-37-89-38-34-57)49-13-9-17-58(39-49)91-72-23-7-5-21-63(72)67-44-55(28-31-74(67)91)52-16-12-20-61(42-52)94-81(87)79(85)88/h5-34,37-48H,3-4,35-36H2,1-2H3/b81-79+. The molecule has 6 nitrogen and oxygen atoms in total. The number of rotatable bonds is 15. The van der Waals surface area contributed by atoms with Gasteiger partial charge in [-0.05, 0) is 230 Å². The summed E-state index contributed by atoms with van der Waals surface area (Å²) in [5.41, 5.74) is 22.1. The molecular formula is C82H56F5IN4O2. The summed E-state index contributed by atoms with van der Waals surface area (Å²) in [7, 11) is 0. The number of para-hydroxylation sites is 2. The largest absolute Gasteiger partial charge is 0.429 e. The summed E-state index contributed by atoms with van der Waals surface area (Å²) >= 11 is 1.27. The summed E-state index contributed by atoms with van der Waals surface area (Å²) in [6.07, 6.45) is 5.19. The second kappa shape index (κ2) is 23.5. The van der Waals surface area contributed by atoms with Gasteiger partial charge in [0.1, 0.15) is 11.5 Å². The van der Waals surface area contributed by atoms with Gasteiger partial charge in [-0.1, -0.05) is 142 Å². The average Bonchev–Trinajstić information content (AvgIpc) is 1.54. The fourth-order valence-electron chi connectivity index (χ4n) is 14.9. The minimum Gasteiger partial charge on any atom is -0.429 e. The van der Waals surface area contributed by atoms with Crippen LogP contribution in [0.1, 0.15) is 50.7 Å². The van der Waals surface area contributed by atoms with E-state index in [0.29, 0.717) is 5.56 Å². The molecule has 0 saturated carbocycles. The Bertz CT molecular complexity index is 5630. The van der Waals surface area contributed by atoms with Crippen molar-refractivity contribution in [2.75, 3.05) is 0 Å². The highest BCUT2D eigenvalue weighted by Gasteiger charge is 2.43. The van der Waals surface area contributed by atoms with Crippen molar-refractivity contribution in [1.29, 1.82) is 0 Å². The number of aromatic nitrogens is 4. The Labute approximate surface area is 551 Å². The molecule has 94 heavy (non-hydrogen) atoms. The Morgan fingerprint density at radius 3 is 1.29 bits per heavy atom. The van der Waals surface area contributed by atoms with Crippen molar-refractivity contribution in [1.82, 2.24) is 18.7 Å². The molecule has 0 spiro atoms. The van der Waals surface area contributed by atoms with Crippen molar-refractivity contribution < 1.29 is 31.4 Å². The van der Waals surface area contributed by atoms with Crippen LogP contribution < -0.4 is 9.47 Å². The lowest BCUT2D eigenvalue weighted by atomic mass is 9.71. The maximum atomic E-state index is 14.2. The Balaban J connectivity index is 0.793. The topological polar surface area (TPSA) is 46.1 Å². The predicted molar refractivity (Wildman–Crippen MR) is 380 cm³/mol. The predicted octanol–water partition coefficient (Wildman–Crippen LogP) is 24.2. The normalized spacial score (nSPS) is 12.9. The third-order valence-corrected chi connectivity index (χ3v) is 19.2. The first kappa shape index (κ1) is 58.5. The van der Waals surface area contributed by atoms with Crippen LogP contribution in [0.2, 0.25) is 0 Å². The number of ether oxygens (including phenoxy) is 2. The van der Waals surface area contributed by atoms with Gasteiger partial charge in [-0.25, -0.2) is 0 Å². The van der Waals surface area contributed by atoms with E-state index < -0.39 is 21.9 Å². The molecule has 4 heterocycles. The highest BCUT2D eigenvalue weighted by molar-refractivity contribution is 14.1. The first-order chi connectivity index (χ1) is 45.9. The molecule has 12 heteroatoms. The number of hydrogen-bond acceptors (Lipinski definition) is 3. The molecule has 11 aromatic carbocycles. The van der Waals surface area contributed by atoms with Crippen molar-refractivity contribution in [2.24, 2.45) is 0 Å². The highest BCUT2D eigenvalue weighted by atomic mass is 127. The van der Waals surface area contributed by atoms with Gasteiger partial charge < -0.3 is 23.2 Å². The van der Waals surface area contributed by atoms with E-state index in [1.54, 1.807) is 30.3 Å². The number of halogens is 6. The van der Waals surface area contributed by atoms with Crippen molar-refractivity contribution in [3.05, 3.63) is 288 Å². The van der Waals surface area contributed by atoms with E-state index in [0.717, 1.165) is 142 Å². The van der Waals surface area contributed by atoms with E-state index >= 15 is 0 Å². The first-order valence-corrected chi connectivity index (χ1v) is 32.5. The van der Waals surface area contributed by atoms with Crippen LogP contribution in [0.4, 0.5) is 22.0 Å². The fourth-order valence-corrected chi connectivity index (χ4v) is 15.0. The molecule has 0 radical (unpaired) electrons. The number of fused-ring (bicyclic) bond motifs is 12. The molecule has 4 aromatic heterocycles. The number of benzene rings is 11. The van der Waals surface area contributed by atoms with Crippen LogP contribution in [0.5, 0.6) is 11.5 Å². The summed E-state index contributed by atoms with van der Waals surface area (Å²) in [5, 5.41) is 6.53. The van der Waals surface area contributed by atoms with Gasteiger partial charge >= 0.3 is 18.1 Å². The molecule has 0 N–H and O–H groups in total. The van der Waals surface area contributed by atoms with Crippen LogP contribution in [0, 0.1) is 0 Å². The average molecular weight is 1350 g/mol. The van der Waals surface area contributed by atoms with Gasteiger partial charge in [0.2, 0.25) is 3.83 Å². The maximum absolute atomic E-state index is 14.2. The number of hydrogen-bond donors (Lipinski definition) is 0. The summed E-state index contributed by atoms with van der Waals surface area (Å²) in [4.78, 5) is 4.46. The summed E-state index contributed by atoms with van der Waals surface area (Å²) in [6, 6.07) is 80.3. The molecule has 1 aliphatic rings. The molecule has 458 valence electrons. The molecule has 0 atom stereocenters. The van der Waals surface area contributed by atoms with Gasteiger partial charge in [0.25, 0.3) is 0 Å². The minimum atomic E-state index is -2.51. The Morgan fingerprint density at radius 1 is 0.362 bits per heavy atom. The second-order valence-corrected chi connectivity index (χ2v) is 25.1. The number of pyridine rings is 1. The van der Waals surface area contributed by atoms with Crippen molar-refractivity contribution >= 4 is 88.0 Å². The van der Waals surface area contributed by atoms with Crippen molar-refractivity contribution in [3.63, 3.8) is 0 Å². The summed E-state index contributed by atoms with van der Waals surface area (Å²) in [6.45, 7) is 4.61. The van der Waals surface area contributed by atoms with Gasteiger partial charge in [0, 0.05) is 67.2 Å². The Morgan fingerprint density at radius 2 is 0.777 bits per heavy atom. The zero-order chi connectivity index (χ0) is 63.9. The van der Waals surface area contributed by atoms with E-state index in [4.69, 9.17) is 9.47 Å². The second-order valence-electron chi connectivity index (χ2n) is 24.1. The lowest BCUT2D eigenvalue weighted by Gasteiger charge is -2.32. The maximum Gasteiger partial charge on any atom is 0.344 e. The van der Waals surface area contributed by atoms with Gasteiger partial charge in [0.15, 0.2) is 0 Å². The molecule has 1 aliphatic carbocycles. The van der Waals surface area contributed by atoms with E-state index in [9.17, 15) is 22.0 Å². The molecule has 0 saturated heterocycles. The summed E-state index contributed by atoms with van der Waals surface area (Å²) in [5.74, 6) is 0.183. The van der Waals surface area contributed by atoms with Gasteiger partial charge in [-0.3, -0.25) is 4.98 Å². The molecule has 0 unspecified atom stereocenters. The zero-order valence-corrected chi connectivity index (χ0v) is 53.1. The lowest BCUT2D eigenvalue weighted by molar-refractivity contribution is 0.241. The van der Waals surface area contributed by atoms with Gasteiger partial charge in [-0.2, -0.15) is 22.0 Å². The fraction of sp³-hybridized carbons (Fsp3) is 0.0854. The molecule has 15 aromatic rings. The lowest BCUT2D eigenvalue weighted by Crippen LogP contribution is -2.25.